The van der Waals surface area contributed by atoms with Crippen molar-refractivity contribution in [1.82, 2.24) is 4.98 Å². The van der Waals surface area contributed by atoms with Gasteiger partial charge in [-0.1, -0.05) is 6.92 Å². The second kappa shape index (κ2) is 5.25. The van der Waals surface area contributed by atoms with Crippen molar-refractivity contribution in [3.63, 3.8) is 0 Å². The van der Waals surface area contributed by atoms with Gasteiger partial charge in [0, 0.05) is 23.3 Å². The molecule has 0 radical (unpaired) electrons. The first-order chi connectivity index (χ1) is 8.71. The quantitative estimate of drug-likeness (QED) is 0.893. The molecule has 1 N–H and O–H groups in total. The summed E-state index contributed by atoms with van der Waals surface area (Å²) in [5.74, 6) is 0.868. The summed E-state index contributed by atoms with van der Waals surface area (Å²) in [7, 11) is 1.69. The second-order valence-corrected chi connectivity index (χ2v) is 4.33. The minimum Gasteiger partial charge on any atom is -0.497 e. The molecule has 0 bridgehead atoms. The van der Waals surface area contributed by atoms with E-state index in [9.17, 15) is 0 Å². The predicted molar refractivity (Wildman–Crippen MR) is 76.6 cm³/mol. The van der Waals surface area contributed by atoms with Crippen LogP contribution in [0.1, 0.15) is 25.1 Å². The fourth-order valence-corrected chi connectivity index (χ4v) is 2.26. The molecular formula is C15H20N2O. The van der Waals surface area contributed by atoms with Gasteiger partial charge < -0.3 is 10.1 Å². The number of rotatable bonds is 4. The minimum atomic E-state index is 0.868. The largest absolute Gasteiger partial charge is 0.497 e. The van der Waals surface area contributed by atoms with Gasteiger partial charge >= 0.3 is 0 Å². The fourth-order valence-electron chi connectivity index (χ4n) is 2.26. The van der Waals surface area contributed by atoms with Crippen LogP contribution in [0, 0.1) is 6.92 Å². The number of benzene rings is 1. The van der Waals surface area contributed by atoms with Gasteiger partial charge in [0.25, 0.3) is 0 Å². The van der Waals surface area contributed by atoms with Gasteiger partial charge in [-0.3, -0.25) is 4.98 Å². The van der Waals surface area contributed by atoms with E-state index in [2.05, 4.69) is 26.1 Å². The van der Waals surface area contributed by atoms with Crippen LogP contribution >= 0.6 is 0 Å². The molecule has 96 valence electrons. The number of methoxy groups -OCH3 is 1. The van der Waals surface area contributed by atoms with E-state index in [1.807, 2.05) is 18.2 Å². The highest BCUT2D eigenvalue weighted by Crippen LogP contribution is 2.31. The summed E-state index contributed by atoms with van der Waals surface area (Å²) in [6.07, 6.45) is 0.951. The van der Waals surface area contributed by atoms with E-state index in [-0.39, 0.29) is 0 Å². The number of pyridine rings is 1. The molecule has 0 amide bonds. The molecule has 18 heavy (non-hydrogen) atoms. The summed E-state index contributed by atoms with van der Waals surface area (Å²) in [4.78, 5) is 4.72. The van der Waals surface area contributed by atoms with E-state index in [1.165, 1.54) is 11.3 Å². The van der Waals surface area contributed by atoms with Gasteiger partial charge in [-0.25, -0.2) is 0 Å². The summed E-state index contributed by atoms with van der Waals surface area (Å²) < 4.78 is 5.30. The van der Waals surface area contributed by atoms with E-state index in [4.69, 9.17) is 9.72 Å². The third kappa shape index (κ3) is 2.13. The molecule has 0 aliphatic heterocycles. The van der Waals surface area contributed by atoms with Crippen molar-refractivity contribution in [2.45, 2.75) is 27.2 Å². The third-order valence-electron chi connectivity index (χ3n) is 3.22. The third-order valence-corrected chi connectivity index (χ3v) is 3.22. The number of fused-ring (bicyclic) bond motifs is 1. The minimum absolute atomic E-state index is 0.868. The summed E-state index contributed by atoms with van der Waals surface area (Å²) in [5, 5.41) is 4.58. The molecule has 0 fully saturated rings. The van der Waals surface area contributed by atoms with Crippen molar-refractivity contribution in [3.8, 4) is 5.75 Å². The van der Waals surface area contributed by atoms with Gasteiger partial charge in [-0.15, -0.1) is 0 Å². The van der Waals surface area contributed by atoms with Crippen molar-refractivity contribution in [1.29, 1.82) is 0 Å². The van der Waals surface area contributed by atoms with Crippen LogP contribution in [-0.2, 0) is 6.42 Å². The van der Waals surface area contributed by atoms with Crippen LogP contribution in [0.15, 0.2) is 18.2 Å². The molecule has 2 rings (SSSR count). The lowest BCUT2D eigenvalue weighted by atomic mass is 10.0. The van der Waals surface area contributed by atoms with Gasteiger partial charge in [0.15, 0.2) is 0 Å². The first-order valence-corrected chi connectivity index (χ1v) is 6.42. The standard InChI is InChI=1S/C15H20N2O/c1-5-13-10(3)15(16-6-2)12-9-11(18-4)7-8-14(12)17-13/h7-9H,5-6H2,1-4H3,(H,16,17). The van der Waals surface area contributed by atoms with E-state index >= 15 is 0 Å². The van der Waals surface area contributed by atoms with E-state index < -0.39 is 0 Å². The van der Waals surface area contributed by atoms with Crippen molar-refractivity contribution in [2.24, 2.45) is 0 Å². The van der Waals surface area contributed by atoms with Gasteiger partial charge in [0.2, 0.25) is 0 Å². The Kier molecular flexibility index (Phi) is 3.70. The molecule has 0 unspecified atom stereocenters. The Balaban J connectivity index is 2.74. The number of ether oxygens (including phenoxy) is 1. The molecule has 0 saturated heterocycles. The molecule has 1 aromatic heterocycles. The monoisotopic (exact) mass is 244 g/mol. The van der Waals surface area contributed by atoms with Crippen LogP contribution in [0.25, 0.3) is 10.9 Å². The highest BCUT2D eigenvalue weighted by molar-refractivity contribution is 5.94. The summed E-state index contributed by atoms with van der Waals surface area (Å²) in [6.45, 7) is 7.28. The van der Waals surface area contributed by atoms with Crippen LogP contribution in [0.5, 0.6) is 5.75 Å². The molecule has 1 heterocycles. The zero-order chi connectivity index (χ0) is 13.1. The van der Waals surface area contributed by atoms with E-state index in [0.717, 1.165) is 35.3 Å². The summed E-state index contributed by atoms with van der Waals surface area (Å²) in [5.41, 5.74) is 4.59. The van der Waals surface area contributed by atoms with Crippen LogP contribution in [0.3, 0.4) is 0 Å². The van der Waals surface area contributed by atoms with Crippen molar-refractivity contribution >= 4 is 16.6 Å². The van der Waals surface area contributed by atoms with Crippen molar-refractivity contribution < 1.29 is 4.74 Å². The number of aryl methyl sites for hydroxylation is 1. The van der Waals surface area contributed by atoms with Gasteiger partial charge in [-0.2, -0.15) is 0 Å². The first kappa shape index (κ1) is 12.7. The topological polar surface area (TPSA) is 34.2 Å². The van der Waals surface area contributed by atoms with Crippen molar-refractivity contribution in [3.05, 3.63) is 29.5 Å². The maximum atomic E-state index is 5.30. The van der Waals surface area contributed by atoms with Crippen LogP contribution < -0.4 is 10.1 Å². The molecule has 0 atom stereocenters. The molecule has 0 aliphatic carbocycles. The Morgan fingerprint density at radius 1 is 1.28 bits per heavy atom. The maximum Gasteiger partial charge on any atom is 0.119 e. The van der Waals surface area contributed by atoms with E-state index in [1.54, 1.807) is 7.11 Å². The van der Waals surface area contributed by atoms with Crippen molar-refractivity contribution in [2.75, 3.05) is 19.0 Å². The lowest BCUT2D eigenvalue weighted by molar-refractivity contribution is 0.415. The molecular weight excluding hydrogens is 224 g/mol. The Hall–Kier alpha value is -1.77. The summed E-state index contributed by atoms with van der Waals surface area (Å²) >= 11 is 0. The Morgan fingerprint density at radius 2 is 2.06 bits per heavy atom. The number of aromatic nitrogens is 1. The highest BCUT2D eigenvalue weighted by atomic mass is 16.5. The molecule has 2 aromatic rings. The predicted octanol–water partition coefficient (Wildman–Crippen LogP) is 3.55. The number of hydrogen-bond acceptors (Lipinski definition) is 3. The zero-order valence-corrected chi connectivity index (χ0v) is 11.5. The van der Waals surface area contributed by atoms with Crippen LogP contribution in [-0.4, -0.2) is 18.6 Å². The van der Waals surface area contributed by atoms with Crippen LogP contribution in [0.4, 0.5) is 5.69 Å². The average Bonchev–Trinajstić information content (AvgIpc) is 2.41. The second-order valence-electron chi connectivity index (χ2n) is 4.33. The summed E-state index contributed by atoms with van der Waals surface area (Å²) in [6, 6.07) is 6.03. The van der Waals surface area contributed by atoms with Gasteiger partial charge in [-0.05, 0) is 44.0 Å². The average molecular weight is 244 g/mol. The highest BCUT2D eigenvalue weighted by Gasteiger charge is 2.10. The molecule has 0 aliphatic rings. The first-order valence-electron chi connectivity index (χ1n) is 6.42. The Bertz CT molecular complexity index is 564. The SMILES string of the molecule is CCNc1c(C)c(CC)nc2ccc(OC)cc12. The Morgan fingerprint density at radius 3 is 2.67 bits per heavy atom. The molecule has 1 aromatic carbocycles. The number of nitrogens with one attached hydrogen (secondary N) is 1. The molecule has 0 spiro atoms. The lowest BCUT2D eigenvalue weighted by Gasteiger charge is -2.15. The molecule has 3 nitrogen and oxygen atoms in total. The number of hydrogen-bond donors (Lipinski definition) is 1. The fraction of sp³-hybridized carbons (Fsp3) is 0.400. The lowest BCUT2D eigenvalue weighted by Crippen LogP contribution is -2.04. The van der Waals surface area contributed by atoms with E-state index in [0.29, 0.717) is 0 Å². The molecule has 0 saturated carbocycles. The maximum absolute atomic E-state index is 5.30. The van der Waals surface area contributed by atoms with Gasteiger partial charge in [0.05, 0.1) is 12.6 Å². The molecule has 3 heteroatoms. The smallest absolute Gasteiger partial charge is 0.119 e. The zero-order valence-electron chi connectivity index (χ0n) is 11.5. The normalized spacial score (nSPS) is 10.7. The number of nitrogens with zero attached hydrogens (tertiary/aromatic N) is 1. The Labute approximate surface area is 108 Å². The number of anilines is 1. The van der Waals surface area contributed by atoms with Crippen LogP contribution in [0.2, 0.25) is 0 Å². The van der Waals surface area contributed by atoms with Gasteiger partial charge in [0.1, 0.15) is 5.75 Å².